The molecule has 4 aliphatic carbocycles. The molecule has 0 aromatic heterocycles. The zero-order chi connectivity index (χ0) is 19.3. The molecule has 4 fully saturated rings. The molecule has 28 heavy (non-hydrogen) atoms. The molecule has 0 radical (unpaired) electrons. The van der Waals surface area contributed by atoms with Crippen LogP contribution in [0.2, 0.25) is 0 Å². The van der Waals surface area contributed by atoms with Crippen LogP contribution in [-0.4, -0.2) is 18.4 Å². The fourth-order valence-electron chi connectivity index (χ4n) is 6.69. The van der Waals surface area contributed by atoms with Crippen molar-refractivity contribution in [2.45, 2.75) is 50.9 Å². The van der Waals surface area contributed by atoms with E-state index in [1.807, 2.05) is 37.5 Å². The number of nitrogens with zero attached hydrogens (tertiary/aromatic N) is 1. The van der Waals surface area contributed by atoms with Gasteiger partial charge in [-0.25, -0.2) is 0 Å². The molecular weight excluding hydrogens is 344 g/mol. The standard InChI is InChI=1S/C25H30N2O/c1-16-7-20(15-27-23-6-4-3-5-22(23)26-2)24(28)21(8-16)25-12-17-9-18(13-25)11-19(10-17)14-25/h3-8,15,17-19,26,28H,9-14H2,1-2H3. The number of para-hydroxylation sites is 2. The number of aromatic hydroxyl groups is 1. The maximum absolute atomic E-state index is 11.3. The van der Waals surface area contributed by atoms with Crippen molar-refractivity contribution in [3.63, 3.8) is 0 Å². The highest BCUT2D eigenvalue weighted by molar-refractivity contribution is 5.88. The van der Waals surface area contributed by atoms with Gasteiger partial charge in [-0.05, 0) is 92.4 Å². The van der Waals surface area contributed by atoms with E-state index in [0.29, 0.717) is 5.75 Å². The number of aliphatic imine (C=N–C) groups is 1. The second-order valence-corrected chi connectivity index (χ2v) is 9.47. The van der Waals surface area contributed by atoms with Gasteiger partial charge in [-0.1, -0.05) is 18.2 Å². The van der Waals surface area contributed by atoms with Gasteiger partial charge in [-0.3, -0.25) is 4.99 Å². The number of hydrogen-bond donors (Lipinski definition) is 2. The number of phenolic OH excluding ortho intramolecular Hbond substituents is 1. The Morgan fingerprint density at radius 2 is 1.68 bits per heavy atom. The molecule has 0 amide bonds. The SMILES string of the molecule is CNc1ccccc1N=Cc1cc(C)cc(C23CC4CC(CC(C4)C2)C3)c1O. The Bertz CT molecular complexity index is 895. The average Bonchev–Trinajstić information content (AvgIpc) is 2.67. The summed E-state index contributed by atoms with van der Waals surface area (Å²) in [7, 11) is 1.91. The largest absolute Gasteiger partial charge is 0.507 e. The van der Waals surface area contributed by atoms with Crippen molar-refractivity contribution in [2.24, 2.45) is 22.7 Å². The van der Waals surface area contributed by atoms with Crippen LogP contribution in [0.15, 0.2) is 41.4 Å². The van der Waals surface area contributed by atoms with E-state index in [1.165, 1.54) is 49.7 Å². The van der Waals surface area contributed by atoms with Crippen molar-refractivity contribution in [3.05, 3.63) is 53.1 Å². The zero-order valence-electron chi connectivity index (χ0n) is 16.9. The molecule has 0 atom stereocenters. The van der Waals surface area contributed by atoms with Gasteiger partial charge in [-0.2, -0.15) is 0 Å². The van der Waals surface area contributed by atoms with E-state index < -0.39 is 0 Å². The predicted molar refractivity (Wildman–Crippen MR) is 116 cm³/mol. The summed E-state index contributed by atoms with van der Waals surface area (Å²) in [5, 5.41) is 14.5. The molecule has 146 valence electrons. The first-order valence-electron chi connectivity index (χ1n) is 10.7. The number of phenols is 1. The van der Waals surface area contributed by atoms with E-state index >= 15 is 0 Å². The van der Waals surface area contributed by atoms with Crippen molar-refractivity contribution in [1.29, 1.82) is 0 Å². The summed E-state index contributed by atoms with van der Waals surface area (Å²) >= 11 is 0. The highest BCUT2D eigenvalue weighted by Crippen LogP contribution is 2.62. The molecule has 2 aromatic carbocycles. The Morgan fingerprint density at radius 1 is 1.04 bits per heavy atom. The van der Waals surface area contributed by atoms with Crippen molar-refractivity contribution in [2.75, 3.05) is 12.4 Å². The summed E-state index contributed by atoms with van der Waals surface area (Å²) in [6, 6.07) is 12.3. The van der Waals surface area contributed by atoms with Crippen LogP contribution in [0.5, 0.6) is 5.75 Å². The zero-order valence-corrected chi connectivity index (χ0v) is 16.9. The molecule has 0 aliphatic heterocycles. The molecule has 0 saturated heterocycles. The van der Waals surface area contributed by atoms with Crippen LogP contribution in [0.25, 0.3) is 0 Å². The summed E-state index contributed by atoms with van der Waals surface area (Å²) in [6.07, 6.45) is 9.87. The molecule has 0 unspecified atom stereocenters. The molecule has 3 nitrogen and oxygen atoms in total. The third-order valence-corrected chi connectivity index (χ3v) is 7.41. The third-order valence-electron chi connectivity index (χ3n) is 7.41. The molecule has 0 heterocycles. The van der Waals surface area contributed by atoms with Crippen LogP contribution >= 0.6 is 0 Å². The molecule has 2 N–H and O–H groups in total. The van der Waals surface area contributed by atoms with Crippen LogP contribution in [0.3, 0.4) is 0 Å². The molecule has 4 saturated carbocycles. The molecule has 6 rings (SSSR count). The van der Waals surface area contributed by atoms with Crippen LogP contribution in [0.4, 0.5) is 11.4 Å². The van der Waals surface area contributed by atoms with Gasteiger partial charge in [0, 0.05) is 24.4 Å². The Morgan fingerprint density at radius 3 is 2.32 bits per heavy atom. The van der Waals surface area contributed by atoms with E-state index in [-0.39, 0.29) is 5.41 Å². The van der Waals surface area contributed by atoms with E-state index in [9.17, 15) is 5.11 Å². The minimum atomic E-state index is 0.191. The van der Waals surface area contributed by atoms with E-state index in [2.05, 4.69) is 29.4 Å². The van der Waals surface area contributed by atoms with Crippen LogP contribution in [0.1, 0.15) is 55.2 Å². The minimum Gasteiger partial charge on any atom is -0.507 e. The van der Waals surface area contributed by atoms with Crippen molar-refractivity contribution in [3.8, 4) is 5.75 Å². The van der Waals surface area contributed by atoms with Crippen molar-refractivity contribution >= 4 is 17.6 Å². The van der Waals surface area contributed by atoms with Gasteiger partial charge in [0.25, 0.3) is 0 Å². The molecule has 4 bridgehead atoms. The van der Waals surface area contributed by atoms with E-state index in [4.69, 9.17) is 0 Å². The number of anilines is 1. The minimum absolute atomic E-state index is 0.191. The second-order valence-electron chi connectivity index (χ2n) is 9.47. The fraction of sp³-hybridized carbons (Fsp3) is 0.480. The first-order chi connectivity index (χ1) is 13.6. The lowest BCUT2D eigenvalue weighted by Gasteiger charge is -2.57. The third kappa shape index (κ3) is 2.92. The Labute approximate surface area is 167 Å². The monoisotopic (exact) mass is 374 g/mol. The Kier molecular flexibility index (Phi) is 4.22. The molecule has 4 aliphatic rings. The van der Waals surface area contributed by atoms with Gasteiger partial charge in [0.2, 0.25) is 0 Å². The average molecular weight is 375 g/mol. The predicted octanol–water partition coefficient (Wildman–Crippen LogP) is 5.96. The van der Waals surface area contributed by atoms with E-state index in [0.717, 1.165) is 34.7 Å². The van der Waals surface area contributed by atoms with Crippen molar-refractivity contribution < 1.29 is 5.11 Å². The Hall–Kier alpha value is -2.29. The highest BCUT2D eigenvalue weighted by Gasteiger charge is 2.52. The van der Waals surface area contributed by atoms with Crippen LogP contribution in [0, 0.1) is 24.7 Å². The van der Waals surface area contributed by atoms with Crippen molar-refractivity contribution in [1.82, 2.24) is 0 Å². The first kappa shape index (κ1) is 17.8. The first-order valence-corrected chi connectivity index (χ1v) is 10.7. The summed E-state index contributed by atoms with van der Waals surface area (Å²) in [6.45, 7) is 2.14. The second kappa shape index (κ2) is 6.65. The lowest BCUT2D eigenvalue weighted by atomic mass is 9.48. The quantitative estimate of drug-likeness (QED) is 0.649. The molecule has 2 aromatic rings. The number of benzene rings is 2. The number of rotatable bonds is 4. The topological polar surface area (TPSA) is 44.6 Å². The maximum Gasteiger partial charge on any atom is 0.128 e. The highest BCUT2D eigenvalue weighted by atomic mass is 16.3. The maximum atomic E-state index is 11.3. The lowest BCUT2D eigenvalue weighted by molar-refractivity contribution is -0.00616. The summed E-state index contributed by atoms with van der Waals surface area (Å²) < 4.78 is 0. The van der Waals surface area contributed by atoms with Gasteiger partial charge < -0.3 is 10.4 Å². The number of hydrogen-bond acceptors (Lipinski definition) is 3. The Balaban J connectivity index is 1.53. The van der Waals surface area contributed by atoms with Gasteiger partial charge >= 0.3 is 0 Å². The number of aryl methyl sites for hydroxylation is 1. The normalized spacial score (nSPS) is 30.9. The van der Waals surface area contributed by atoms with E-state index in [1.54, 1.807) is 0 Å². The van der Waals surface area contributed by atoms with Gasteiger partial charge in [0.15, 0.2) is 0 Å². The summed E-state index contributed by atoms with van der Waals surface area (Å²) in [5.74, 6) is 3.06. The van der Waals surface area contributed by atoms with Gasteiger partial charge in [0.1, 0.15) is 5.75 Å². The van der Waals surface area contributed by atoms with Crippen LogP contribution < -0.4 is 5.32 Å². The summed E-state index contributed by atoms with van der Waals surface area (Å²) in [5.41, 5.74) is 5.32. The smallest absolute Gasteiger partial charge is 0.128 e. The van der Waals surface area contributed by atoms with Crippen LogP contribution in [-0.2, 0) is 5.41 Å². The lowest BCUT2D eigenvalue weighted by Crippen LogP contribution is -2.48. The fourth-order valence-corrected chi connectivity index (χ4v) is 6.69. The van der Waals surface area contributed by atoms with Gasteiger partial charge in [0.05, 0.1) is 11.4 Å². The molecule has 3 heteroatoms. The van der Waals surface area contributed by atoms with Gasteiger partial charge in [-0.15, -0.1) is 0 Å². The number of nitrogens with one attached hydrogen (secondary N) is 1. The molecule has 0 spiro atoms. The summed E-state index contributed by atoms with van der Waals surface area (Å²) in [4.78, 5) is 4.69. The molecular formula is C25H30N2O.